The number of amides is 1. The smallest absolute Gasteiger partial charge is 0.261 e. The number of benzene rings is 3. The molecule has 4 rings (SSSR count). The standard InChI is InChI=1S/C25H25ClN2O5S/c1-32-19-11-9-18(10-12-19)28-34(30,31)20-13-14-24(22(26)15-20)33-16-25(29)27-23-8-4-6-17-5-2-3-7-21(17)23/h2-3,5,7,9-15,23,28H,4,6,8,16H2,1H3,(H,27,29)/t23-/m1/s1. The van der Waals surface area contributed by atoms with E-state index in [1.807, 2.05) is 18.2 Å². The monoisotopic (exact) mass is 500 g/mol. The van der Waals surface area contributed by atoms with Gasteiger partial charge in [0.25, 0.3) is 15.9 Å². The molecule has 0 aromatic heterocycles. The van der Waals surface area contributed by atoms with Gasteiger partial charge in [-0.3, -0.25) is 9.52 Å². The number of methoxy groups -OCH3 is 1. The Morgan fingerprint density at radius 3 is 2.59 bits per heavy atom. The van der Waals surface area contributed by atoms with Crippen LogP contribution >= 0.6 is 11.6 Å². The molecule has 0 spiro atoms. The van der Waals surface area contributed by atoms with Gasteiger partial charge in [-0.1, -0.05) is 35.9 Å². The third-order valence-corrected chi connectivity index (χ3v) is 7.29. The first-order valence-electron chi connectivity index (χ1n) is 10.8. The van der Waals surface area contributed by atoms with Crippen molar-refractivity contribution < 1.29 is 22.7 Å². The molecule has 2 N–H and O–H groups in total. The highest BCUT2D eigenvalue weighted by Crippen LogP contribution is 2.30. The molecule has 0 fully saturated rings. The Hall–Kier alpha value is -3.23. The molecule has 178 valence electrons. The van der Waals surface area contributed by atoms with Crippen LogP contribution in [-0.4, -0.2) is 28.0 Å². The molecular formula is C25H25ClN2O5S. The van der Waals surface area contributed by atoms with E-state index >= 15 is 0 Å². The number of ether oxygens (including phenoxy) is 2. The Morgan fingerprint density at radius 2 is 1.85 bits per heavy atom. The number of anilines is 1. The van der Waals surface area contributed by atoms with Crippen LogP contribution in [0.5, 0.6) is 11.5 Å². The number of carbonyl (C=O) groups excluding carboxylic acids is 1. The summed E-state index contributed by atoms with van der Waals surface area (Å²) in [7, 11) is -2.33. The quantitative estimate of drug-likeness (QED) is 0.466. The van der Waals surface area contributed by atoms with Gasteiger partial charge in [-0.25, -0.2) is 8.42 Å². The molecule has 1 atom stereocenters. The van der Waals surface area contributed by atoms with Crippen molar-refractivity contribution in [2.75, 3.05) is 18.4 Å². The van der Waals surface area contributed by atoms with Gasteiger partial charge in [0.05, 0.1) is 23.1 Å². The highest BCUT2D eigenvalue weighted by atomic mass is 35.5. The molecule has 3 aromatic carbocycles. The number of hydrogen-bond acceptors (Lipinski definition) is 5. The summed E-state index contributed by atoms with van der Waals surface area (Å²) in [4.78, 5) is 12.5. The lowest BCUT2D eigenvalue weighted by Gasteiger charge is -2.26. The highest BCUT2D eigenvalue weighted by Gasteiger charge is 2.22. The van der Waals surface area contributed by atoms with Crippen LogP contribution in [0.25, 0.3) is 0 Å². The number of carbonyl (C=O) groups is 1. The third kappa shape index (κ3) is 5.63. The summed E-state index contributed by atoms with van der Waals surface area (Å²) < 4.78 is 38.5. The summed E-state index contributed by atoms with van der Waals surface area (Å²) in [5.74, 6) is 0.573. The minimum absolute atomic E-state index is 0.0241. The van der Waals surface area contributed by atoms with Crippen LogP contribution < -0.4 is 19.5 Å². The topological polar surface area (TPSA) is 93.7 Å². The molecule has 1 amide bonds. The normalized spacial score (nSPS) is 15.2. The predicted molar refractivity (Wildman–Crippen MR) is 131 cm³/mol. The van der Waals surface area contributed by atoms with Gasteiger partial charge in [0.1, 0.15) is 11.5 Å². The molecule has 3 aromatic rings. The second-order valence-electron chi connectivity index (χ2n) is 7.93. The van der Waals surface area contributed by atoms with E-state index in [2.05, 4.69) is 16.1 Å². The molecule has 7 nitrogen and oxygen atoms in total. The van der Waals surface area contributed by atoms with E-state index in [-0.39, 0.29) is 34.2 Å². The average molecular weight is 501 g/mol. The SMILES string of the molecule is COc1ccc(NS(=O)(=O)c2ccc(OCC(=O)N[C@@H]3CCCc4ccccc43)c(Cl)c2)cc1. The Balaban J connectivity index is 1.37. The molecule has 0 bridgehead atoms. The highest BCUT2D eigenvalue weighted by molar-refractivity contribution is 7.92. The molecule has 0 aliphatic heterocycles. The lowest BCUT2D eigenvalue weighted by molar-refractivity contribution is -0.123. The number of aryl methyl sites for hydroxylation is 1. The lowest BCUT2D eigenvalue weighted by atomic mass is 9.88. The maximum Gasteiger partial charge on any atom is 0.261 e. The van der Waals surface area contributed by atoms with Crippen molar-refractivity contribution in [3.05, 3.63) is 82.9 Å². The fourth-order valence-corrected chi connectivity index (χ4v) is 5.31. The van der Waals surface area contributed by atoms with E-state index in [0.717, 1.165) is 24.8 Å². The van der Waals surface area contributed by atoms with Gasteiger partial charge < -0.3 is 14.8 Å². The van der Waals surface area contributed by atoms with Crippen LogP contribution in [-0.2, 0) is 21.2 Å². The van der Waals surface area contributed by atoms with Gasteiger partial charge in [0, 0.05) is 5.69 Å². The summed E-state index contributed by atoms with van der Waals surface area (Å²) in [6.07, 6.45) is 2.89. The zero-order valence-electron chi connectivity index (χ0n) is 18.6. The molecule has 0 unspecified atom stereocenters. The Kier molecular flexibility index (Phi) is 7.29. The molecular weight excluding hydrogens is 476 g/mol. The van der Waals surface area contributed by atoms with Crippen LogP contribution in [0, 0.1) is 0 Å². The minimum atomic E-state index is -3.86. The first kappa shape index (κ1) is 23.9. The first-order valence-corrected chi connectivity index (χ1v) is 12.7. The molecule has 9 heteroatoms. The first-order chi connectivity index (χ1) is 16.4. The molecule has 0 radical (unpaired) electrons. The number of nitrogens with one attached hydrogen (secondary N) is 2. The van der Waals surface area contributed by atoms with Crippen molar-refractivity contribution in [1.29, 1.82) is 0 Å². The largest absolute Gasteiger partial charge is 0.497 e. The van der Waals surface area contributed by atoms with Gasteiger partial charge in [-0.05, 0) is 72.9 Å². The summed E-state index contributed by atoms with van der Waals surface area (Å²) in [5.41, 5.74) is 2.78. The van der Waals surface area contributed by atoms with Crippen molar-refractivity contribution in [3.8, 4) is 11.5 Å². The van der Waals surface area contributed by atoms with Crippen LogP contribution in [0.15, 0.2) is 71.6 Å². The third-order valence-electron chi connectivity index (χ3n) is 5.62. The van der Waals surface area contributed by atoms with Crippen molar-refractivity contribution in [3.63, 3.8) is 0 Å². The van der Waals surface area contributed by atoms with Crippen molar-refractivity contribution in [2.45, 2.75) is 30.2 Å². The summed E-state index contributed by atoms with van der Waals surface area (Å²) in [6.45, 7) is -0.228. The molecule has 0 heterocycles. The molecule has 0 saturated carbocycles. The average Bonchev–Trinajstić information content (AvgIpc) is 2.84. The van der Waals surface area contributed by atoms with Crippen LogP contribution in [0.2, 0.25) is 5.02 Å². The molecule has 1 aliphatic rings. The minimum Gasteiger partial charge on any atom is -0.497 e. The number of fused-ring (bicyclic) bond motifs is 1. The Labute approximate surface area is 204 Å². The molecule has 1 aliphatic carbocycles. The number of halogens is 1. The van der Waals surface area contributed by atoms with Crippen LogP contribution in [0.4, 0.5) is 5.69 Å². The maximum absolute atomic E-state index is 12.7. The Bertz CT molecular complexity index is 1280. The van der Waals surface area contributed by atoms with Crippen LogP contribution in [0.1, 0.15) is 30.0 Å². The van der Waals surface area contributed by atoms with E-state index in [1.54, 1.807) is 24.3 Å². The maximum atomic E-state index is 12.7. The van der Waals surface area contributed by atoms with Gasteiger partial charge >= 0.3 is 0 Å². The van der Waals surface area contributed by atoms with Gasteiger partial charge in [-0.15, -0.1) is 0 Å². The Morgan fingerprint density at radius 1 is 1.09 bits per heavy atom. The van der Waals surface area contributed by atoms with Gasteiger partial charge in [0.2, 0.25) is 0 Å². The van der Waals surface area contributed by atoms with E-state index in [9.17, 15) is 13.2 Å². The van der Waals surface area contributed by atoms with Crippen molar-refractivity contribution in [1.82, 2.24) is 5.32 Å². The zero-order chi connectivity index (χ0) is 24.1. The van der Waals surface area contributed by atoms with Gasteiger partial charge in [-0.2, -0.15) is 0 Å². The number of sulfonamides is 1. The summed E-state index contributed by atoms with van der Waals surface area (Å²) in [5, 5.41) is 3.11. The lowest BCUT2D eigenvalue weighted by Crippen LogP contribution is -2.34. The number of hydrogen-bond donors (Lipinski definition) is 2. The summed E-state index contributed by atoms with van der Waals surface area (Å²) >= 11 is 6.25. The fraction of sp³-hybridized carbons (Fsp3) is 0.240. The van der Waals surface area contributed by atoms with E-state index in [1.165, 1.54) is 30.9 Å². The predicted octanol–water partition coefficient (Wildman–Crippen LogP) is 4.72. The van der Waals surface area contributed by atoms with E-state index in [4.69, 9.17) is 21.1 Å². The molecule has 0 saturated heterocycles. The summed E-state index contributed by atoms with van der Waals surface area (Å²) in [6, 6.07) is 18.7. The van der Waals surface area contributed by atoms with Crippen molar-refractivity contribution in [2.24, 2.45) is 0 Å². The van der Waals surface area contributed by atoms with Crippen molar-refractivity contribution >= 4 is 33.2 Å². The zero-order valence-corrected chi connectivity index (χ0v) is 20.2. The fourth-order valence-electron chi connectivity index (χ4n) is 3.92. The van der Waals surface area contributed by atoms with E-state index < -0.39 is 10.0 Å². The van der Waals surface area contributed by atoms with Gasteiger partial charge in [0.15, 0.2) is 6.61 Å². The van der Waals surface area contributed by atoms with Crippen LogP contribution in [0.3, 0.4) is 0 Å². The molecule has 34 heavy (non-hydrogen) atoms. The number of rotatable bonds is 8. The second kappa shape index (κ2) is 10.4. The van der Waals surface area contributed by atoms with E-state index in [0.29, 0.717) is 11.4 Å². The second-order valence-corrected chi connectivity index (χ2v) is 10.0.